The highest BCUT2D eigenvalue weighted by Gasteiger charge is 2.19. The number of ether oxygens (including phenoxy) is 3. The van der Waals surface area contributed by atoms with E-state index in [0.29, 0.717) is 19.3 Å². The van der Waals surface area contributed by atoms with Crippen LogP contribution in [0.2, 0.25) is 0 Å². The summed E-state index contributed by atoms with van der Waals surface area (Å²) in [6.45, 7) is 6.55. The summed E-state index contributed by atoms with van der Waals surface area (Å²) in [5, 5.41) is 0. The van der Waals surface area contributed by atoms with E-state index in [2.05, 4.69) is 106 Å². The first-order valence-corrected chi connectivity index (χ1v) is 34.1. The molecule has 456 valence electrons. The first kappa shape index (κ1) is 75.6. The van der Waals surface area contributed by atoms with Gasteiger partial charge in [0, 0.05) is 19.3 Å². The molecule has 0 amide bonds. The molecule has 79 heavy (non-hydrogen) atoms. The number of rotatable bonds is 62. The third-order valence-corrected chi connectivity index (χ3v) is 14.8. The molecule has 1 atom stereocenters. The zero-order chi connectivity index (χ0) is 57.1. The number of carbonyl (C=O) groups is 3. The molecular weight excluding hydrogens is 973 g/mol. The van der Waals surface area contributed by atoms with Crippen molar-refractivity contribution in [2.24, 2.45) is 0 Å². The van der Waals surface area contributed by atoms with Gasteiger partial charge >= 0.3 is 17.9 Å². The molecule has 0 aliphatic carbocycles. The molecule has 0 heterocycles. The highest BCUT2D eigenvalue weighted by atomic mass is 16.6. The minimum absolute atomic E-state index is 0.0823. The van der Waals surface area contributed by atoms with Crippen molar-refractivity contribution in [1.82, 2.24) is 0 Å². The van der Waals surface area contributed by atoms with Crippen molar-refractivity contribution in [3.05, 3.63) is 85.1 Å². The van der Waals surface area contributed by atoms with Crippen LogP contribution >= 0.6 is 0 Å². The molecule has 0 N–H and O–H groups in total. The van der Waals surface area contributed by atoms with E-state index in [1.165, 1.54) is 193 Å². The highest BCUT2D eigenvalue weighted by molar-refractivity contribution is 5.71. The number of carbonyl (C=O) groups excluding carboxylic acids is 3. The van der Waals surface area contributed by atoms with Crippen LogP contribution < -0.4 is 0 Å². The Hall–Kier alpha value is -3.41. The van der Waals surface area contributed by atoms with Crippen LogP contribution in [0.25, 0.3) is 0 Å². The number of hydrogen-bond donors (Lipinski definition) is 0. The predicted octanol–water partition coefficient (Wildman–Crippen LogP) is 23.4. The fourth-order valence-corrected chi connectivity index (χ4v) is 9.70. The average Bonchev–Trinajstić information content (AvgIpc) is 3.45. The van der Waals surface area contributed by atoms with E-state index in [4.69, 9.17) is 14.2 Å². The Bertz CT molecular complexity index is 1500. The quantitative estimate of drug-likeness (QED) is 0.0261. The maximum Gasteiger partial charge on any atom is 0.306 e. The molecule has 0 rings (SSSR count). The number of esters is 3. The van der Waals surface area contributed by atoms with Gasteiger partial charge in [-0.05, 0) is 116 Å². The minimum atomic E-state index is -0.787. The monoisotopic (exact) mass is 1100 g/mol. The molecule has 0 aromatic heterocycles. The lowest BCUT2D eigenvalue weighted by Crippen LogP contribution is -2.30. The Kier molecular flexibility index (Phi) is 64.2. The van der Waals surface area contributed by atoms with Crippen LogP contribution in [0.1, 0.15) is 342 Å². The molecule has 0 saturated carbocycles. The Morgan fingerprint density at radius 2 is 0.481 bits per heavy atom. The molecular formula is C73H128O6. The van der Waals surface area contributed by atoms with Crippen LogP contribution in [0, 0.1) is 0 Å². The zero-order valence-corrected chi connectivity index (χ0v) is 52.4. The summed E-state index contributed by atoms with van der Waals surface area (Å²) in [5.41, 5.74) is 0. The van der Waals surface area contributed by atoms with Crippen molar-refractivity contribution in [1.29, 1.82) is 0 Å². The normalized spacial score (nSPS) is 12.6. The van der Waals surface area contributed by atoms with Gasteiger partial charge < -0.3 is 14.2 Å². The van der Waals surface area contributed by atoms with Gasteiger partial charge in [-0.15, -0.1) is 0 Å². The van der Waals surface area contributed by atoms with Crippen molar-refractivity contribution < 1.29 is 28.6 Å². The number of allylic oxidation sites excluding steroid dienone is 14. The van der Waals surface area contributed by atoms with Crippen LogP contribution in [0.4, 0.5) is 0 Å². The predicted molar refractivity (Wildman–Crippen MR) is 344 cm³/mol. The van der Waals surface area contributed by atoms with Crippen molar-refractivity contribution in [2.45, 2.75) is 348 Å². The molecule has 0 radical (unpaired) electrons. The SMILES string of the molecule is CCC/C=C\C/C=C\CCCCCCCC(=O)OCC(COC(=O)CCCCCCCCCCCCCCCCCC/C=C\C/C=C\C/C=C\CCCCCCC)OC(=O)CCCCCCCCC/C=C\C/C=C\CCCCC. The molecule has 0 spiro atoms. The van der Waals surface area contributed by atoms with Gasteiger partial charge in [-0.1, -0.05) is 292 Å². The maximum atomic E-state index is 12.9. The molecule has 0 aliphatic heterocycles. The van der Waals surface area contributed by atoms with Gasteiger partial charge in [-0.3, -0.25) is 14.4 Å². The van der Waals surface area contributed by atoms with Crippen LogP contribution in [0.3, 0.4) is 0 Å². The van der Waals surface area contributed by atoms with E-state index in [1.54, 1.807) is 0 Å². The van der Waals surface area contributed by atoms with Crippen molar-refractivity contribution >= 4 is 17.9 Å². The lowest BCUT2D eigenvalue weighted by molar-refractivity contribution is -0.167. The topological polar surface area (TPSA) is 78.9 Å². The maximum absolute atomic E-state index is 12.9. The lowest BCUT2D eigenvalue weighted by Gasteiger charge is -2.18. The molecule has 0 bridgehead atoms. The van der Waals surface area contributed by atoms with Crippen LogP contribution in [-0.2, 0) is 28.6 Å². The highest BCUT2D eigenvalue weighted by Crippen LogP contribution is 2.17. The van der Waals surface area contributed by atoms with E-state index >= 15 is 0 Å². The molecule has 0 aromatic rings. The van der Waals surface area contributed by atoms with Crippen LogP contribution in [-0.4, -0.2) is 37.2 Å². The van der Waals surface area contributed by atoms with Gasteiger partial charge in [0.05, 0.1) is 0 Å². The number of hydrogen-bond acceptors (Lipinski definition) is 6. The first-order chi connectivity index (χ1) is 39.0. The Morgan fingerprint density at radius 1 is 0.253 bits per heavy atom. The fourth-order valence-electron chi connectivity index (χ4n) is 9.70. The average molecular weight is 1100 g/mol. The van der Waals surface area contributed by atoms with Gasteiger partial charge in [0.25, 0.3) is 0 Å². The lowest BCUT2D eigenvalue weighted by atomic mass is 10.0. The van der Waals surface area contributed by atoms with Gasteiger partial charge in [0.1, 0.15) is 13.2 Å². The summed E-state index contributed by atoms with van der Waals surface area (Å²) in [6, 6.07) is 0. The van der Waals surface area contributed by atoms with E-state index in [9.17, 15) is 14.4 Å². The van der Waals surface area contributed by atoms with Gasteiger partial charge in [-0.25, -0.2) is 0 Å². The van der Waals surface area contributed by atoms with Crippen LogP contribution in [0.5, 0.6) is 0 Å². The number of unbranched alkanes of at least 4 members (excludes halogenated alkanes) is 37. The standard InChI is InChI=1S/C73H128O6/c1-4-7-10-13-16-19-22-25-27-29-30-31-32-33-34-35-36-37-38-39-40-41-42-44-45-48-51-54-57-60-63-66-72(75)78-69-70(68-77-71(74)65-62-59-56-53-50-47-24-21-18-15-12-9-6-3)79-73(76)67-64-61-58-55-52-49-46-43-28-26-23-20-17-14-11-8-5-2/h12,15,17,20-22,24-26,28-30,32-33,70H,4-11,13-14,16,18-19,23,27,31,34-69H2,1-3H3/b15-12-,20-17-,24-21-,25-22-,28-26-,30-29-,33-32-. The van der Waals surface area contributed by atoms with E-state index in [-0.39, 0.29) is 31.1 Å². The van der Waals surface area contributed by atoms with Crippen molar-refractivity contribution in [2.75, 3.05) is 13.2 Å². The van der Waals surface area contributed by atoms with Gasteiger partial charge in [0.2, 0.25) is 0 Å². The van der Waals surface area contributed by atoms with Gasteiger partial charge in [0.15, 0.2) is 6.10 Å². The van der Waals surface area contributed by atoms with Crippen molar-refractivity contribution in [3.8, 4) is 0 Å². The molecule has 0 saturated heterocycles. The summed E-state index contributed by atoms with van der Waals surface area (Å²) >= 11 is 0. The van der Waals surface area contributed by atoms with Crippen LogP contribution in [0.15, 0.2) is 85.1 Å². The van der Waals surface area contributed by atoms with E-state index in [1.807, 2.05) is 0 Å². The Balaban J connectivity index is 4.20. The molecule has 6 heteroatoms. The molecule has 1 unspecified atom stereocenters. The second-order valence-electron chi connectivity index (χ2n) is 22.7. The molecule has 6 nitrogen and oxygen atoms in total. The molecule has 0 aromatic carbocycles. The fraction of sp³-hybridized carbons (Fsp3) is 0.767. The summed E-state index contributed by atoms with van der Waals surface area (Å²) < 4.78 is 16.9. The third-order valence-electron chi connectivity index (χ3n) is 14.8. The third kappa shape index (κ3) is 65.3. The van der Waals surface area contributed by atoms with E-state index in [0.717, 1.165) is 109 Å². The minimum Gasteiger partial charge on any atom is -0.462 e. The smallest absolute Gasteiger partial charge is 0.306 e. The summed E-state index contributed by atoms with van der Waals surface area (Å²) in [7, 11) is 0. The van der Waals surface area contributed by atoms with Gasteiger partial charge in [-0.2, -0.15) is 0 Å². The largest absolute Gasteiger partial charge is 0.462 e. The molecule has 0 aliphatic rings. The Morgan fingerprint density at radius 3 is 0.785 bits per heavy atom. The Labute approximate surface area is 490 Å². The zero-order valence-electron chi connectivity index (χ0n) is 52.4. The summed E-state index contributed by atoms with van der Waals surface area (Å²) in [4.78, 5) is 38.3. The molecule has 0 fully saturated rings. The second kappa shape index (κ2) is 67.1. The van der Waals surface area contributed by atoms with Crippen molar-refractivity contribution in [3.63, 3.8) is 0 Å². The summed E-state index contributed by atoms with van der Waals surface area (Å²) in [5.74, 6) is -0.891. The second-order valence-corrected chi connectivity index (χ2v) is 22.7. The first-order valence-electron chi connectivity index (χ1n) is 34.1. The van der Waals surface area contributed by atoms with E-state index < -0.39 is 6.10 Å². The summed E-state index contributed by atoms with van der Waals surface area (Å²) in [6.07, 6.45) is 88.9.